The minimum atomic E-state index is -0.789. The van der Waals surface area contributed by atoms with E-state index in [1.54, 1.807) is 30.5 Å². The highest BCUT2D eigenvalue weighted by Gasteiger charge is 2.48. The van der Waals surface area contributed by atoms with Gasteiger partial charge in [0.05, 0.1) is 5.54 Å². The fourth-order valence-corrected chi connectivity index (χ4v) is 3.98. The van der Waals surface area contributed by atoms with Crippen LogP contribution >= 0.6 is 11.6 Å². The summed E-state index contributed by atoms with van der Waals surface area (Å²) in [6.45, 7) is 0. The molecule has 0 bridgehead atoms. The molecule has 2 aliphatic rings. The standard InChI is InChI=1S/C21H20ClN3O3/c22-16-4-1-3-14(13-16)19(27)24-17-7-5-15(6-8-17)21(9-2-10-21)25-11-12-28-20(25)18(23)26/h1,3-8,11-13,20H,2,9-10H2,(H2,23,26)(H,24,27). The highest BCUT2D eigenvalue weighted by atomic mass is 35.5. The van der Waals surface area contributed by atoms with E-state index in [2.05, 4.69) is 5.32 Å². The van der Waals surface area contributed by atoms with Gasteiger partial charge in [-0.2, -0.15) is 0 Å². The topological polar surface area (TPSA) is 84.7 Å². The van der Waals surface area contributed by atoms with Gasteiger partial charge < -0.3 is 20.7 Å². The quantitative estimate of drug-likeness (QED) is 0.807. The molecule has 4 rings (SSSR count). The molecule has 2 aromatic rings. The second kappa shape index (κ2) is 7.20. The van der Waals surface area contributed by atoms with E-state index in [-0.39, 0.29) is 11.4 Å². The summed E-state index contributed by atoms with van der Waals surface area (Å²) in [5, 5.41) is 3.39. The Kier molecular flexibility index (Phi) is 4.73. The lowest BCUT2D eigenvalue weighted by Crippen LogP contribution is -2.55. The zero-order valence-corrected chi connectivity index (χ0v) is 15.9. The van der Waals surface area contributed by atoms with E-state index in [1.165, 1.54) is 6.26 Å². The smallest absolute Gasteiger partial charge is 0.280 e. The van der Waals surface area contributed by atoms with E-state index >= 15 is 0 Å². The van der Waals surface area contributed by atoms with Crippen LogP contribution in [0.25, 0.3) is 0 Å². The van der Waals surface area contributed by atoms with Crippen LogP contribution in [0.2, 0.25) is 5.02 Å². The molecule has 1 saturated carbocycles. The number of amides is 2. The van der Waals surface area contributed by atoms with Crippen LogP contribution in [0.15, 0.2) is 61.0 Å². The van der Waals surface area contributed by atoms with Crippen molar-refractivity contribution in [1.82, 2.24) is 4.90 Å². The number of nitrogens with one attached hydrogen (secondary N) is 1. The van der Waals surface area contributed by atoms with Crippen molar-refractivity contribution in [1.29, 1.82) is 0 Å². The molecule has 1 heterocycles. The molecule has 0 spiro atoms. The minimum absolute atomic E-state index is 0.224. The average molecular weight is 398 g/mol. The monoisotopic (exact) mass is 397 g/mol. The number of benzene rings is 2. The Bertz CT molecular complexity index is 938. The predicted octanol–water partition coefficient (Wildman–Crippen LogP) is 3.59. The Morgan fingerprint density at radius 3 is 2.54 bits per heavy atom. The van der Waals surface area contributed by atoms with E-state index in [9.17, 15) is 9.59 Å². The van der Waals surface area contributed by atoms with Crippen LogP contribution in [0.4, 0.5) is 5.69 Å². The van der Waals surface area contributed by atoms with Gasteiger partial charge in [0, 0.05) is 22.5 Å². The maximum atomic E-state index is 12.4. The lowest BCUT2D eigenvalue weighted by molar-refractivity contribution is -0.139. The molecule has 2 amide bonds. The molecule has 6 nitrogen and oxygen atoms in total. The molecule has 144 valence electrons. The third kappa shape index (κ3) is 3.20. The molecule has 1 fully saturated rings. The summed E-state index contributed by atoms with van der Waals surface area (Å²) in [5.74, 6) is -0.736. The number of hydrogen-bond donors (Lipinski definition) is 2. The van der Waals surface area contributed by atoms with Gasteiger partial charge in [0.15, 0.2) is 0 Å². The number of halogens is 1. The highest BCUT2D eigenvalue weighted by molar-refractivity contribution is 6.31. The maximum Gasteiger partial charge on any atom is 0.280 e. The first-order chi connectivity index (χ1) is 13.5. The molecule has 7 heteroatoms. The first-order valence-electron chi connectivity index (χ1n) is 9.07. The minimum Gasteiger partial charge on any atom is -0.467 e. The van der Waals surface area contributed by atoms with Crippen LogP contribution in [0, 0.1) is 0 Å². The van der Waals surface area contributed by atoms with Crippen LogP contribution in [-0.4, -0.2) is 22.9 Å². The van der Waals surface area contributed by atoms with E-state index in [1.807, 2.05) is 29.2 Å². The van der Waals surface area contributed by atoms with E-state index in [0.717, 1.165) is 24.8 Å². The number of nitrogens with two attached hydrogens (primary N) is 1. The van der Waals surface area contributed by atoms with Crippen molar-refractivity contribution in [3.63, 3.8) is 0 Å². The fourth-order valence-electron chi connectivity index (χ4n) is 3.79. The van der Waals surface area contributed by atoms with Gasteiger partial charge in [-0.1, -0.05) is 29.8 Å². The van der Waals surface area contributed by atoms with Crippen molar-refractivity contribution in [2.24, 2.45) is 5.73 Å². The number of nitrogens with zero attached hydrogens (tertiary/aromatic N) is 1. The lowest BCUT2D eigenvalue weighted by Gasteiger charge is -2.50. The summed E-state index contributed by atoms with van der Waals surface area (Å²) in [7, 11) is 0. The van der Waals surface area contributed by atoms with Crippen molar-refractivity contribution in [3.05, 3.63) is 77.1 Å². The van der Waals surface area contributed by atoms with Gasteiger partial charge >= 0.3 is 0 Å². The van der Waals surface area contributed by atoms with Gasteiger partial charge in [-0.05, 0) is 55.2 Å². The van der Waals surface area contributed by atoms with Gasteiger partial charge in [0.1, 0.15) is 6.26 Å². The second-order valence-corrected chi connectivity index (χ2v) is 7.45. The SMILES string of the molecule is NC(=O)C1OC=CN1C1(c2ccc(NC(=O)c3cccc(Cl)c3)cc2)CCC1. The summed E-state index contributed by atoms with van der Waals surface area (Å²) >= 11 is 5.95. The molecule has 0 saturated heterocycles. The molecule has 0 radical (unpaired) electrons. The normalized spacial score (nSPS) is 19.6. The first kappa shape index (κ1) is 18.4. The maximum absolute atomic E-state index is 12.4. The van der Waals surface area contributed by atoms with Gasteiger partial charge in [-0.3, -0.25) is 9.59 Å². The molecule has 1 atom stereocenters. The predicted molar refractivity (Wildman–Crippen MR) is 106 cm³/mol. The number of hydrogen-bond acceptors (Lipinski definition) is 4. The largest absolute Gasteiger partial charge is 0.467 e. The second-order valence-electron chi connectivity index (χ2n) is 7.01. The molecule has 1 aliphatic carbocycles. The third-order valence-corrected chi connectivity index (χ3v) is 5.60. The summed E-state index contributed by atoms with van der Waals surface area (Å²) in [5.41, 5.74) is 7.40. The number of carbonyl (C=O) groups is 2. The lowest BCUT2D eigenvalue weighted by atomic mass is 9.70. The molecule has 1 unspecified atom stereocenters. The Balaban J connectivity index is 1.53. The zero-order chi connectivity index (χ0) is 19.7. The van der Waals surface area contributed by atoms with Crippen LogP contribution in [0.5, 0.6) is 0 Å². The molecule has 28 heavy (non-hydrogen) atoms. The Labute approximate surface area is 167 Å². The van der Waals surface area contributed by atoms with E-state index < -0.39 is 12.1 Å². The molecule has 1 aliphatic heterocycles. The van der Waals surface area contributed by atoms with Crippen LogP contribution in [-0.2, 0) is 15.1 Å². The molecule has 0 aromatic heterocycles. The number of rotatable bonds is 5. The summed E-state index contributed by atoms with van der Waals surface area (Å²) in [4.78, 5) is 26.0. The summed E-state index contributed by atoms with van der Waals surface area (Å²) < 4.78 is 5.37. The molecular weight excluding hydrogens is 378 g/mol. The van der Waals surface area contributed by atoms with Gasteiger partial charge in [0.2, 0.25) is 0 Å². The number of primary amides is 1. The van der Waals surface area contributed by atoms with Crippen molar-refractivity contribution in [2.75, 3.05) is 5.32 Å². The van der Waals surface area contributed by atoms with Crippen molar-refractivity contribution in [3.8, 4) is 0 Å². The Morgan fingerprint density at radius 2 is 1.93 bits per heavy atom. The van der Waals surface area contributed by atoms with Gasteiger partial charge in [-0.15, -0.1) is 0 Å². The van der Waals surface area contributed by atoms with Crippen molar-refractivity contribution in [2.45, 2.75) is 31.0 Å². The molecule has 2 aromatic carbocycles. The number of carbonyl (C=O) groups excluding carboxylic acids is 2. The summed E-state index contributed by atoms with van der Waals surface area (Å²) in [6.07, 6.45) is 5.36. The third-order valence-electron chi connectivity index (χ3n) is 5.37. The zero-order valence-electron chi connectivity index (χ0n) is 15.1. The van der Waals surface area contributed by atoms with Crippen molar-refractivity contribution >= 4 is 29.1 Å². The highest BCUT2D eigenvalue weighted by Crippen LogP contribution is 2.49. The average Bonchev–Trinajstić information content (AvgIpc) is 3.12. The Morgan fingerprint density at radius 1 is 1.18 bits per heavy atom. The van der Waals surface area contributed by atoms with Crippen molar-refractivity contribution < 1.29 is 14.3 Å². The van der Waals surface area contributed by atoms with E-state index in [0.29, 0.717) is 16.3 Å². The number of anilines is 1. The Hall–Kier alpha value is -2.99. The fraction of sp³-hybridized carbons (Fsp3) is 0.238. The van der Waals surface area contributed by atoms with Crippen LogP contribution in [0.3, 0.4) is 0 Å². The van der Waals surface area contributed by atoms with Gasteiger partial charge in [-0.25, -0.2) is 0 Å². The van der Waals surface area contributed by atoms with E-state index in [4.69, 9.17) is 22.1 Å². The van der Waals surface area contributed by atoms with Crippen LogP contribution < -0.4 is 11.1 Å². The first-order valence-corrected chi connectivity index (χ1v) is 9.45. The van der Waals surface area contributed by atoms with Gasteiger partial charge in [0.25, 0.3) is 18.0 Å². The summed E-state index contributed by atoms with van der Waals surface area (Å²) in [6, 6.07) is 14.5. The van der Waals surface area contributed by atoms with Crippen LogP contribution in [0.1, 0.15) is 35.2 Å². The number of ether oxygens (including phenoxy) is 1. The molecular formula is C21H20ClN3O3. The molecule has 3 N–H and O–H groups in total.